The average molecular weight is 403 g/mol. The summed E-state index contributed by atoms with van der Waals surface area (Å²) in [5.41, 5.74) is 3.80. The highest BCUT2D eigenvalue weighted by Gasteiger charge is 2.16. The zero-order chi connectivity index (χ0) is 20.1. The number of benzene rings is 2. The molecule has 0 amide bonds. The van der Waals surface area contributed by atoms with E-state index >= 15 is 0 Å². The first-order valence-electron chi connectivity index (χ1n) is 9.34. The van der Waals surface area contributed by atoms with Crippen LogP contribution in [0.4, 0.5) is 4.39 Å². The summed E-state index contributed by atoms with van der Waals surface area (Å²) in [6, 6.07) is 14.5. The smallest absolute Gasteiger partial charge is 0.260 e. The maximum absolute atomic E-state index is 13.3. The van der Waals surface area contributed by atoms with Crippen molar-refractivity contribution in [3.63, 3.8) is 0 Å². The second-order valence-corrected chi connectivity index (χ2v) is 8.40. The van der Waals surface area contributed by atoms with Gasteiger partial charge in [-0.15, -0.1) is 11.3 Å². The Morgan fingerprint density at radius 3 is 2.66 bits per heavy atom. The Bertz CT molecular complexity index is 1430. The number of hydrogen-bond acceptors (Lipinski definition) is 3. The fourth-order valence-electron chi connectivity index (χ4n) is 3.74. The molecule has 29 heavy (non-hydrogen) atoms. The Morgan fingerprint density at radius 1 is 1.10 bits per heavy atom. The molecule has 0 atom stereocenters. The van der Waals surface area contributed by atoms with E-state index in [2.05, 4.69) is 9.55 Å². The van der Waals surface area contributed by atoms with Gasteiger partial charge in [0.15, 0.2) is 0 Å². The summed E-state index contributed by atoms with van der Waals surface area (Å²) >= 11 is 1.54. The van der Waals surface area contributed by atoms with Crippen molar-refractivity contribution in [3.8, 4) is 11.4 Å². The zero-order valence-corrected chi connectivity index (χ0v) is 16.8. The van der Waals surface area contributed by atoms with Gasteiger partial charge in [0.2, 0.25) is 0 Å². The topological polar surface area (TPSA) is 50.7 Å². The van der Waals surface area contributed by atoms with Gasteiger partial charge in [0.05, 0.1) is 5.39 Å². The van der Waals surface area contributed by atoms with Gasteiger partial charge in [0, 0.05) is 34.1 Å². The lowest BCUT2D eigenvalue weighted by molar-refractivity contribution is 0.626. The molecule has 3 heterocycles. The first-order chi connectivity index (χ1) is 14.0. The van der Waals surface area contributed by atoms with Gasteiger partial charge in [-0.2, -0.15) is 0 Å². The van der Waals surface area contributed by atoms with E-state index in [0.717, 1.165) is 37.3 Å². The van der Waals surface area contributed by atoms with Crippen molar-refractivity contribution < 1.29 is 4.39 Å². The summed E-state index contributed by atoms with van der Waals surface area (Å²) < 4.78 is 15.4. The average Bonchev–Trinajstić information content (AvgIpc) is 3.21. The molecule has 0 aliphatic heterocycles. The number of aromatic nitrogens is 3. The minimum absolute atomic E-state index is 0.109. The van der Waals surface area contributed by atoms with E-state index in [1.807, 2.05) is 44.3 Å². The molecule has 0 saturated carbocycles. The number of H-pyrrole nitrogens is 1. The van der Waals surface area contributed by atoms with Gasteiger partial charge < -0.3 is 9.55 Å². The van der Waals surface area contributed by atoms with Crippen molar-refractivity contribution in [2.24, 2.45) is 0 Å². The monoisotopic (exact) mass is 403 g/mol. The third kappa shape index (κ3) is 2.96. The minimum atomic E-state index is -0.247. The lowest BCUT2D eigenvalue weighted by atomic mass is 10.1. The number of para-hydroxylation sites is 1. The number of halogens is 1. The second kappa shape index (κ2) is 6.67. The summed E-state index contributed by atoms with van der Waals surface area (Å²) in [4.78, 5) is 22.4. The third-order valence-corrected chi connectivity index (χ3v) is 6.45. The van der Waals surface area contributed by atoms with E-state index in [9.17, 15) is 9.18 Å². The fourth-order valence-corrected chi connectivity index (χ4v) is 4.77. The van der Waals surface area contributed by atoms with Gasteiger partial charge in [-0.05, 0) is 43.2 Å². The van der Waals surface area contributed by atoms with Gasteiger partial charge in [0.1, 0.15) is 16.5 Å². The number of thiophene rings is 1. The van der Waals surface area contributed by atoms with E-state index in [1.54, 1.807) is 23.5 Å². The molecule has 2 aromatic carbocycles. The number of rotatable bonds is 3. The molecule has 0 unspecified atom stereocenters. The molecule has 0 fully saturated rings. The van der Waals surface area contributed by atoms with E-state index in [-0.39, 0.29) is 11.4 Å². The summed E-state index contributed by atoms with van der Waals surface area (Å²) in [5.74, 6) is 0.321. The van der Waals surface area contributed by atoms with Crippen LogP contribution in [0.3, 0.4) is 0 Å². The highest BCUT2D eigenvalue weighted by Crippen LogP contribution is 2.32. The predicted octanol–water partition coefficient (Wildman–Crippen LogP) is 5.41. The maximum atomic E-state index is 13.3. The quantitative estimate of drug-likeness (QED) is 0.438. The van der Waals surface area contributed by atoms with Crippen LogP contribution in [0.5, 0.6) is 0 Å². The van der Waals surface area contributed by atoms with Crippen molar-refractivity contribution in [1.82, 2.24) is 14.5 Å². The zero-order valence-electron chi connectivity index (χ0n) is 16.0. The molecule has 5 aromatic rings. The van der Waals surface area contributed by atoms with Gasteiger partial charge in [-0.3, -0.25) is 4.79 Å². The van der Waals surface area contributed by atoms with E-state index in [4.69, 9.17) is 4.98 Å². The van der Waals surface area contributed by atoms with E-state index in [1.165, 1.54) is 12.1 Å². The first kappa shape index (κ1) is 17.8. The summed E-state index contributed by atoms with van der Waals surface area (Å²) in [7, 11) is 0. The Labute approximate surface area is 170 Å². The second-order valence-electron chi connectivity index (χ2n) is 7.19. The molecule has 0 spiro atoms. The van der Waals surface area contributed by atoms with Crippen molar-refractivity contribution in [2.45, 2.75) is 20.4 Å². The normalized spacial score (nSPS) is 11.6. The van der Waals surface area contributed by atoms with Gasteiger partial charge in [-0.25, -0.2) is 9.37 Å². The highest BCUT2D eigenvalue weighted by molar-refractivity contribution is 7.18. The van der Waals surface area contributed by atoms with Crippen molar-refractivity contribution in [3.05, 3.63) is 86.9 Å². The predicted molar refractivity (Wildman–Crippen MR) is 116 cm³/mol. The Balaban J connectivity index is 1.69. The van der Waals surface area contributed by atoms with E-state index < -0.39 is 0 Å². The van der Waals surface area contributed by atoms with Crippen LogP contribution in [0.15, 0.2) is 59.5 Å². The van der Waals surface area contributed by atoms with Crippen LogP contribution in [-0.4, -0.2) is 14.5 Å². The molecule has 1 N–H and O–H groups in total. The Hall–Kier alpha value is -3.25. The Morgan fingerprint density at radius 2 is 1.86 bits per heavy atom. The van der Waals surface area contributed by atoms with Gasteiger partial charge in [0.25, 0.3) is 5.56 Å². The molecular formula is C23H18FN3OS. The number of aryl methyl sites for hydroxylation is 2. The van der Waals surface area contributed by atoms with E-state index in [0.29, 0.717) is 17.8 Å². The molecule has 0 bridgehead atoms. The van der Waals surface area contributed by atoms with Crippen molar-refractivity contribution >= 4 is 32.5 Å². The SMILES string of the molecule is Cc1sc2nc(-c3cn(Cc4ccc(F)cc4)c4ccccc34)[nH]c(=O)c2c1C. The molecule has 0 aliphatic rings. The number of nitrogens with one attached hydrogen (secondary N) is 1. The summed E-state index contributed by atoms with van der Waals surface area (Å²) in [6.07, 6.45) is 2.01. The summed E-state index contributed by atoms with van der Waals surface area (Å²) in [5, 5.41) is 1.69. The van der Waals surface area contributed by atoms with Crippen molar-refractivity contribution in [2.75, 3.05) is 0 Å². The summed E-state index contributed by atoms with van der Waals surface area (Å²) in [6.45, 7) is 4.57. The van der Waals surface area contributed by atoms with Crippen molar-refractivity contribution in [1.29, 1.82) is 0 Å². The Kier molecular flexibility index (Phi) is 4.10. The number of fused-ring (bicyclic) bond motifs is 2. The molecule has 144 valence electrons. The van der Waals surface area contributed by atoms with Crippen LogP contribution in [-0.2, 0) is 6.54 Å². The number of nitrogens with zero attached hydrogens (tertiary/aromatic N) is 2. The van der Waals surface area contributed by atoms with Gasteiger partial charge in [-0.1, -0.05) is 30.3 Å². The number of aromatic amines is 1. The number of hydrogen-bond donors (Lipinski definition) is 1. The molecular weight excluding hydrogens is 385 g/mol. The van der Waals surface area contributed by atoms with Crippen LogP contribution < -0.4 is 5.56 Å². The fraction of sp³-hybridized carbons (Fsp3) is 0.130. The molecule has 0 radical (unpaired) electrons. The van der Waals surface area contributed by atoms with Crippen LogP contribution in [0.1, 0.15) is 16.0 Å². The molecule has 4 nitrogen and oxygen atoms in total. The standard InChI is InChI=1S/C23H18FN3OS/c1-13-14(2)29-23-20(13)22(28)25-21(26-23)18-12-27(19-6-4-3-5-17(18)19)11-15-7-9-16(24)10-8-15/h3-10,12H,11H2,1-2H3,(H,25,26,28). The van der Waals surface area contributed by atoms with Crippen LogP contribution in [0.2, 0.25) is 0 Å². The van der Waals surface area contributed by atoms with Crippen LogP contribution >= 0.6 is 11.3 Å². The molecule has 3 aromatic heterocycles. The van der Waals surface area contributed by atoms with Crippen LogP contribution in [0, 0.1) is 19.7 Å². The largest absolute Gasteiger partial charge is 0.342 e. The highest BCUT2D eigenvalue weighted by atomic mass is 32.1. The first-order valence-corrected chi connectivity index (χ1v) is 10.2. The van der Waals surface area contributed by atoms with Crippen LogP contribution in [0.25, 0.3) is 32.5 Å². The molecule has 5 rings (SSSR count). The third-order valence-electron chi connectivity index (χ3n) is 5.35. The molecule has 6 heteroatoms. The lowest BCUT2D eigenvalue weighted by Gasteiger charge is -2.05. The lowest BCUT2D eigenvalue weighted by Crippen LogP contribution is -2.09. The minimum Gasteiger partial charge on any atom is -0.342 e. The molecule has 0 saturated heterocycles. The van der Waals surface area contributed by atoms with Gasteiger partial charge >= 0.3 is 0 Å². The maximum Gasteiger partial charge on any atom is 0.260 e. The molecule has 0 aliphatic carbocycles.